The highest BCUT2D eigenvalue weighted by Crippen LogP contribution is 2.42. The zero-order chi connectivity index (χ0) is 20.9. The van der Waals surface area contributed by atoms with Gasteiger partial charge in [-0.05, 0) is 40.5 Å². The van der Waals surface area contributed by atoms with Gasteiger partial charge in [0, 0.05) is 11.5 Å². The maximum absolute atomic E-state index is 10.9. The zero-order valence-electron chi connectivity index (χ0n) is 19.2. The largest absolute Gasteiger partial charge is 0.507 e. The summed E-state index contributed by atoms with van der Waals surface area (Å²) in [6, 6.07) is 4.14. The minimum Gasteiger partial charge on any atom is -0.507 e. The van der Waals surface area contributed by atoms with E-state index < -0.39 is 0 Å². The first-order chi connectivity index (χ1) is 13.0. The maximum atomic E-state index is 10.9. The molecule has 2 rings (SSSR count). The number of hydrogen-bond acceptors (Lipinski definition) is 3. The van der Waals surface area contributed by atoms with Crippen molar-refractivity contribution in [1.82, 2.24) is 0 Å². The summed E-state index contributed by atoms with van der Waals surface area (Å²) < 4.78 is 12.3. The molecule has 0 aromatic heterocycles. The van der Waals surface area contributed by atoms with E-state index in [1.165, 1.54) is 38.5 Å². The smallest absolute Gasteiger partial charge is 0.183 e. The van der Waals surface area contributed by atoms with Gasteiger partial charge in [-0.2, -0.15) is 0 Å². The molecule has 3 nitrogen and oxygen atoms in total. The molecule has 1 aromatic carbocycles. The third-order valence-corrected chi connectivity index (χ3v) is 5.70. The molecule has 0 aliphatic carbocycles. The van der Waals surface area contributed by atoms with E-state index in [2.05, 4.69) is 60.6 Å². The van der Waals surface area contributed by atoms with E-state index in [-0.39, 0.29) is 17.1 Å². The number of ether oxygens (including phenoxy) is 2. The Morgan fingerprint density at radius 1 is 0.857 bits per heavy atom. The Bertz CT molecular complexity index is 579. The van der Waals surface area contributed by atoms with Crippen molar-refractivity contribution in [3.05, 3.63) is 28.8 Å². The molecule has 1 heterocycles. The predicted molar refractivity (Wildman–Crippen MR) is 117 cm³/mol. The Balaban J connectivity index is 2.08. The molecule has 1 N–H and O–H groups in total. The Kier molecular flexibility index (Phi) is 7.98. The van der Waals surface area contributed by atoms with Gasteiger partial charge in [-0.25, -0.2) is 0 Å². The molecule has 1 aromatic rings. The first kappa shape index (κ1) is 23.2. The molecule has 1 aliphatic heterocycles. The lowest BCUT2D eigenvalue weighted by Crippen LogP contribution is -2.28. The fourth-order valence-electron chi connectivity index (χ4n) is 3.88. The molecule has 0 radical (unpaired) electrons. The minimum absolute atomic E-state index is 0.143. The van der Waals surface area contributed by atoms with Crippen LogP contribution in [0.5, 0.6) is 5.75 Å². The molecule has 0 spiro atoms. The zero-order valence-corrected chi connectivity index (χ0v) is 19.2. The fourth-order valence-corrected chi connectivity index (χ4v) is 3.88. The number of phenolic OH excluding ortho intramolecular Hbond substituents is 1. The number of unbranched alkanes of at least 4 members (excludes halogenated alkanes) is 4. The van der Waals surface area contributed by atoms with Crippen LogP contribution in [0.2, 0.25) is 0 Å². The van der Waals surface area contributed by atoms with E-state index in [0.717, 1.165) is 29.9 Å². The van der Waals surface area contributed by atoms with E-state index >= 15 is 0 Å². The molecule has 1 fully saturated rings. The highest BCUT2D eigenvalue weighted by atomic mass is 16.7. The monoisotopic (exact) mass is 390 g/mol. The van der Waals surface area contributed by atoms with Crippen molar-refractivity contribution in [2.24, 2.45) is 5.92 Å². The molecule has 1 saturated heterocycles. The van der Waals surface area contributed by atoms with Gasteiger partial charge in [0.2, 0.25) is 0 Å². The molecular formula is C25H42O3. The van der Waals surface area contributed by atoms with Crippen molar-refractivity contribution >= 4 is 0 Å². The number of hydrogen-bond donors (Lipinski definition) is 1. The average Bonchev–Trinajstić information content (AvgIpc) is 2.60. The van der Waals surface area contributed by atoms with Crippen LogP contribution in [-0.2, 0) is 20.3 Å². The second-order valence-corrected chi connectivity index (χ2v) is 10.5. The summed E-state index contributed by atoms with van der Waals surface area (Å²) in [6.07, 6.45) is 7.40. The van der Waals surface area contributed by atoms with Crippen LogP contribution in [0.1, 0.15) is 110 Å². The Morgan fingerprint density at radius 2 is 1.36 bits per heavy atom. The first-order valence-electron chi connectivity index (χ1n) is 11.1. The molecule has 1 aliphatic rings. The molecule has 0 atom stereocenters. The van der Waals surface area contributed by atoms with E-state index in [9.17, 15) is 5.11 Å². The summed E-state index contributed by atoms with van der Waals surface area (Å²) in [5.74, 6) is 0.906. The van der Waals surface area contributed by atoms with E-state index in [1.54, 1.807) is 0 Å². The van der Waals surface area contributed by atoms with Crippen LogP contribution < -0.4 is 0 Å². The highest BCUT2D eigenvalue weighted by Gasteiger charge is 2.30. The molecule has 28 heavy (non-hydrogen) atoms. The molecule has 0 unspecified atom stereocenters. The van der Waals surface area contributed by atoms with Crippen molar-refractivity contribution in [3.63, 3.8) is 0 Å². The maximum Gasteiger partial charge on any atom is 0.183 e. The summed E-state index contributed by atoms with van der Waals surface area (Å²) >= 11 is 0. The lowest BCUT2D eigenvalue weighted by molar-refractivity contribution is -0.206. The molecule has 0 amide bonds. The number of benzene rings is 1. The molecule has 0 saturated carbocycles. The Hall–Kier alpha value is -1.06. The summed E-state index contributed by atoms with van der Waals surface area (Å²) in [7, 11) is 0. The van der Waals surface area contributed by atoms with Gasteiger partial charge >= 0.3 is 0 Å². The predicted octanol–water partition coefficient (Wildman–Crippen LogP) is 7.01. The van der Waals surface area contributed by atoms with Crippen molar-refractivity contribution < 1.29 is 14.6 Å². The summed E-state index contributed by atoms with van der Waals surface area (Å²) in [5.41, 5.74) is 2.65. The van der Waals surface area contributed by atoms with Gasteiger partial charge in [-0.15, -0.1) is 0 Å². The van der Waals surface area contributed by atoms with Crippen LogP contribution in [0.15, 0.2) is 12.1 Å². The van der Waals surface area contributed by atoms with Crippen LogP contribution in [0.25, 0.3) is 0 Å². The summed E-state index contributed by atoms with van der Waals surface area (Å²) in [4.78, 5) is 0. The van der Waals surface area contributed by atoms with Gasteiger partial charge in [0.05, 0.1) is 13.2 Å². The van der Waals surface area contributed by atoms with Crippen molar-refractivity contribution in [1.29, 1.82) is 0 Å². The summed E-state index contributed by atoms with van der Waals surface area (Å²) in [5, 5.41) is 10.9. The van der Waals surface area contributed by atoms with Gasteiger partial charge in [-0.1, -0.05) is 80.6 Å². The van der Waals surface area contributed by atoms with Crippen molar-refractivity contribution in [3.8, 4) is 5.75 Å². The fraction of sp³-hybridized carbons (Fsp3) is 0.760. The van der Waals surface area contributed by atoms with Crippen LogP contribution in [0.3, 0.4) is 0 Å². The first-order valence-corrected chi connectivity index (χ1v) is 11.1. The van der Waals surface area contributed by atoms with Gasteiger partial charge < -0.3 is 14.6 Å². The van der Waals surface area contributed by atoms with Gasteiger partial charge in [-0.3, -0.25) is 0 Å². The SMILES string of the molecule is CCCCCCCC1COC(c2cc(C(C)(C)C)c(O)c(C(C)(C)C)c2)OC1. The minimum atomic E-state index is -0.334. The third kappa shape index (κ3) is 6.22. The summed E-state index contributed by atoms with van der Waals surface area (Å²) in [6.45, 7) is 16.6. The number of rotatable bonds is 7. The van der Waals surface area contributed by atoms with E-state index in [0.29, 0.717) is 11.7 Å². The second-order valence-electron chi connectivity index (χ2n) is 10.5. The topological polar surface area (TPSA) is 38.7 Å². The van der Waals surface area contributed by atoms with Crippen LogP contribution in [-0.4, -0.2) is 18.3 Å². The van der Waals surface area contributed by atoms with Crippen LogP contribution in [0.4, 0.5) is 0 Å². The standard InChI is InChI=1S/C25H42O3/c1-8-9-10-11-12-13-18-16-27-23(28-17-18)19-14-20(24(2,3)4)22(26)21(15-19)25(5,6)7/h14-15,18,23,26H,8-13,16-17H2,1-7H3. The Labute approximate surface area is 172 Å². The van der Waals surface area contributed by atoms with Gasteiger partial charge in [0.25, 0.3) is 0 Å². The van der Waals surface area contributed by atoms with Gasteiger partial charge in [0.1, 0.15) is 5.75 Å². The third-order valence-electron chi connectivity index (χ3n) is 5.70. The van der Waals surface area contributed by atoms with Crippen LogP contribution >= 0.6 is 0 Å². The van der Waals surface area contributed by atoms with Crippen molar-refractivity contribution in [2.45, 2.75) is 104 Å². The lowest BCUT2D eigenvalue weighted by Gasteiger charge is -2.33. The Morgan fingerprint density at radius 3 is 1.82 bits per heavy atom. The van der Waals surface area contributed by atoms with Crippen LogP contribution in [0, 0.1) is 5.92 Å². The van der Waals surface area contributed by atoms with Crippen molar-refractivity contribution in [2.75, 3.05) is 13.2 Å². The van der Waals surface area contributed by atoms with E-state index in [1.807, 2.05) is 0 Å². The lowest BCUT2D eigenvalue weighted by atomic mass is 9.78. The number of aromatic hydroxyl groups is 1. The molecule has 3 heteroatoms. The van der Waals surface area contributed by atoms with E-state index in [4.69, 9.17) is 9.47 Å². The molecule has 0 bridgehead atoms. The quantitative estimate of drug-likeness (QED) is 0.509. The average molecular weight is 391 g/mol. The number of phenols is 1. The normalized spacial score (nSPS) is 21.1. The van der Waals surface area contributed by atoms with Gasteiger partial charge in [0.15, 0.2) is 6.29 Å². The second kappa shape index (κ2) is 9.63. The molecule has 160 valence electrons. The molecular weight excluding hydrogens is 348 g/mol. The highest BCUT2D eigenvalue weighted by molar-refractivity contribution is 5.50.